The van der Waals surface area contributed by atoms with E-state index in [-0.39, 0.29) is 85.7 Å². The molecule has 0 aromatic rings. The lowest BCUT2D eigenvalue weighted by Gasteiger charge is -2.33. The lowest BCUT2D eigenvalue weighted by molar-refractivity contribution is -0.174. The Morgan fingerprint density at radius 1 is 0.532 bits per heavy atom. The molecule has 0 aromatic carbocycles. The maximum atomic E-state index is 13.2. The number of carbonyl (C=O) groups is 4. The van der Waals surface area contributed by atoms with Crippen molar-refractivity contribution in [3.8, 4) is 0 Å². The van der Waals surface area contributed by atoms with Crippen LogP contribution in [-0.2, 0) is 38.1 Å². The van der Waals surface area contributed by atoms with Crippen LogP contribution in [0.15, 0.2) is 0 Å². The monoisotopic (exact) mass is 669 g/mol. The Bertz CT molecular complexity index is 839. The Balaban J connectivity index is 6.23. The zero-order valence-electron chi connectivity index (χ0n) is 32.4. The van der Waals surface area contributed by atoms with Crippen molar-refractivity contribution in [2.24, 2.45) is 39.9 Å². The fraction of sp³-hybridized carbons (Fsp3) is 0.897. The van der Waals surface area contributed by atoms with Crippen LogP contribution < -0.4 is 0 Å². The summed E-state index contributed by atoms with van der Waals surface area (Å²) in [5.41, 5.74) is -1.12. The van der Waals surface area contributed by atoms with Crippen molar-refractivity contribution in [2.75, 3.05) is 26.4 Å². The van der Waals surface area contributed by atoms with Crippen molar-refractivity contribution in [2.45, 2.75) is 160 Å². The molecule has 47 heavy (non-hydrogen) atoms. The van der Waals surface area contributed by atoms with Gasteiger partial charge >= 0.3 is 23.9 Å². The van der Waals surface area contributed by atoms with Crippen LogP contribution in [0.3, 0.4) is 0 Å². The van der Waals surface area contributed by atoms with Crippen molar-refractivity contribution in [3.63, 3.8) is 0 Å². The largest absolute Gasteiger partial charge is 0.465 e. The molecule has 0 fully saturated rings. The minimum absolute atomic E-state index is 0.0609. The molecule has 0 bridgehead atoms. The molecule has 0 aliphatic rings. The molecule has 8 nitrogen and oxygen atoms in total. The molecular formula is C39H72O8. The predicted octanol–water partition coefficient (Wildman–Crippen LogP) is 9.50. The summed E-state index contributed by atoms with van der Waals surface area (Å²) in [5.74, 6) is -1.81. The van der Waals surface area contributed by atoms with Crippen LogP contribution in [0.4, 0.5) is 0 Å². The number of carbonyl (C=O) groups excluding carboxylic acids is 4. The van der Waals surface area contributed by atoms with Crippen molar-refractivity contribution < 1.29 is 38.1 Å². The highest BCUT2D eigenvalue weighted by atomic mass is 16.6. The first kappa shape index (κ1) is 44.9. The second-order valence-corrected chi connectivity index (χ2v) is 16.7. The normalized spacial score (nSPS) is 15.9. The molecule has 0 spiro atoms. The molecule has 8 heteroatoms. The number of hydrogen-bond donors (Lipinski definition) is 0. The van der Waals surface area contributed by atoms with Gasteiger partial charge in [-0.05, 0) is 61.2 Å². The summed E-state index contributed by atoms with van der Waals surface area (Å²) in [4.78, 5) is 52.6. The third kappa shape index (κ3) is 21.5. The summed E-state index contributed by atoms with van der Waals surface area (Å²) < 4.78 is 23.4. The fourth-order valence-electron chi connectivity index (χ4n) is 6.20. The molecule has 0 heterocycles. The molecule has 0 saturated heterocycles. The lowest BCUT2D eigenvalue weighted by Crippen LogP contribution is -2.45. The second-order valence-electron chi connectivity index (χ2n) is 16.7. The Hall–Kier alpha value is -2.12. The smallest absolute Gasteiger partial charge is 0.308 e. The summed E-state index contributed by atoms with van der Waals surface area (Å²) in [6, 6.07) is 0. The van der Waals surface area contributed by atoms with E-state index in [0.29, 0.717) is 25.7 Å². The highest BCUT2D eigenvalue weighted by molar-refractivity contribution is 5.73. The SMILES string of the molecule is CCCCC(CC)C(=O)OCC(COC(=O)CC(C)CC(C)(C)C)(COC(=O)CC(C)CC(C)(C)C)COC(=O)C(CC)CCCC. The van der Waals surface area contributed by atoms with Gasteiger partial charge in [0.2, 0.25) is 0 Å². The minimum Gasteiger partial charge on any atom is -0.465 e. The van der Waals surface area contributed by atoms with Crippen LogP contribution in [-0.4, -0.2) is 50.3 Å². The number of hydrogen-bond acceptors (Lipinski definition) is 8. The van der Waals surface area contributed by atoms with Crippen LogP contribution in [0.2, 0.25) is 0 Å². The number of ether oxygens (including phenoxy) is 4. The van der Waals surface area contributed by atoms with Gasteiger partial charge in [0, 0.05) is 12.8 Å². The van der Waals surface area contributed by atoms with Crippen molar-refractivity contribution in [3.05, 3.63) is 0 Å². The van der Waals surface area contributed by atoms with Gasteiger partial charge < -0.3 is 18.9 Å². The molecule has 4 unspecified atom stereocenters. The van der Waals surface area contributed by atoms with Crippen LogP contribution in [0.5, 0.6) is 0 Å². The van der Waals surface area contributed by atoms with Gasteiger partial charge in [-0.15, -0.1) is 0 Å². The molecule has 276 valence electrons. The first-order chi connectivity index (χ1) is 21.8. The summed E-state index contributed by atoms with van der Waals surface area (Å²) in [6.07, 6.45) is 8.58. The van der Waals surface area contributed by atoms with E-state index in [0.717, 1.165) is 38.5 Å². The van der Waals surface area contributed by atoms with Crippen molar-refractivity contribution in [1.29, 1.82) is 0 Å². The first-order valence-electron chi connectivity index (χ1n) is 18.4. The van der Waals surface area contributed by atoms with Gasteiger partial charge in [0.25, 0.3) is 0 Å². The maximum Gasteiger partial charge on any atom is 0.308 e. The van der Waals surface area contributed by atoms with Gasteiger partial charge in [-0.3, -0.25) is 19.2 Å². The molecule has 0 rings (SSSR count). The molecule has 0 amide bonds. The van der Waals surface area contributed by atoms with Crippen molar-refractivity contribution in [1.82, 2.24) is 0 Å². The number of unbranched alkanes of at least 4 members (excludes halogenated alkanes) is 2. The molecule has 0 aromatic heterocycles. The van der Waals surface area contributed by atoms with E-state index < -0.39 is 17.4 Å². The third-order valence-corrected chi connectivity index (χ3v) is 8.54. The van der Waals surface area contributed by atoms with Gasteiger partial charge in [0.05, 0.1) is 11.8 Å². The predicted molar refractivity (Wildman–Crippen MR) is 189 cm³/mol. The molecule has 4 atom stereocenters. The van der Waals surface area contributed by atoms with Gasteiger partial charge in [0.15, 0.2) is 0 Å². The topological polar surface area (TPSA) is 105 Å². The van der Waals surface area contributed by atoms with Crippen molar-refractivity contribution >= 4 is 23.9 Å². The highest BCUT2D eigenvalue weighted by Gasteiger charge is 2.39. The van der Waals surface area contributed by atoms with Crippen LogP contribution in [0, 0.1) is 39.9 Å². The van der Waals surface area contributed by atoms with E-state index in [2.05, 4.69) is 55.4 Å². The zero-order chi connectivity index (χ0) is 36.3. The Morgan fingerprint density at radius 2 is 0.851 bits per heavy atom. The van der Waals surface area contributed by atoms with E-state index in [1.807, 2.05) is 27.7 Å². The molecular weight excluding hydrogens is 596 g/mol. The number of rotatable bonds is 24. The summed E-state index contributed by atoms with van der Waals surface area (Å²) >= 11 is 0. The van der Waals surface area contributed by atoms with Gasteiger partial charge in [-0.2, -0.15) is 0 Å². The molecule has 0 aliphatic heterocycles. The number of esters is 4. The quantitative estimate of drug-likeness (QED) is 0.0740. The van der Waals surface area contributed by atoms with E-state index >= 15 is 0 Å². The Labute approximate surface area is 288 Å². The summed E-state index contributed by atoms with van der Waals surface area (Å²) in [6.45, 7) is 24.1. The van der Waals surface area contributed by atoms with E-state index in [1.165, 1.54) is 0 Å². The average molecular weight is 669 g/mol. The van der Waals surface area contributed by atoms with E-state index in [4.69, 9.17) is 18.9 Å². The average Bonchev–Trinajstić information content (AvgIpc) is 2.95. The van der Waals surface area contributed by atoms with Gasteiger partial charge in [0.1, 0.15) is 31.8 Å². The highest BCUT2D eigenvalue weighted by Crippen LogP contribution is 2.29. The van der Waals surface area contributed by atoms with Crippen LogP contribution in [0.25, 0.3) is 0 Å². The van der Waals surface area contributed by atoms with E-state index in [1.54, 1.807) is 0 Å². The van der Waals surface area contributed by atoms with Gasteiger partial charge in [-0.1, -0.05) is 109 Å². The summed E-state index contributed by atoms with van der Waals surface area (Å²) in [7, 11) is 0. The molecule has 0 N–H and O–H groups in total. The standard InChI is InChI=1S/C39H72O8/c1-13-17-19-31(15-3)35(42)46-27-39(28-47-36(43)32(16-4)20-18-14-2,25-44-33(40)21-29(5)23-37(7,8)9)26-45-34(41)22-30(6)24-38(10,11)12/h29-32H,13-28H2,1-12H3. The third-order valence-electron chi connectivity index (χ3n) is 8.54. The van der Waals surface area contributed by atoms with Gasteiger partial charge in [-0.25, -0.2) is 0 Å². The lowest BCUT2D eigenvalue weighted by atomic mass is 9.84. The van der Waals surface area contributed by atoms with Crippen LogP contribution >= 0.6 is 0 Å². The molecule has 0 aliphatic carbocycles. The Kier molecular flexibility index (Phi) is 21.5. The molecule has 0 saturated carbocycles. The zero-order valence-corrected chi connectivity index (χ0v) is 32.4. The summed E-state index contributed by atoms with van der Waals surface area (Å²) in [5, 5.41) is 0. The fourth-order valence-corrected chi connectivity index (χ4v) is 6.20. The Morgan fingerprint density at radius 3 is 1.13 bits per heavy atom. The minimum atomic E-state index is -1.25. The first-order valence-corrected chi connectivity index (χ1v) is 18.4. The van der Waals surface area contributed by atoms with Crippen LogP contribution in [0.1, 0.15) is 160 Å². The molecule has 0 radical (unpaired) electrons. The second kappa shape index (κ2) is 22.5. The van der Waals surface area contributed by atoms with E-state index in [9.17, 15) is 19.2 Å². The maximum absolute atomic E-state index is 13.2.